The summed E-state index contributed by atoms with van der Waals surface area (Å²) >= 11 is 3.41. The van der Waals surface area contributed by atoms with Crippen molar-refractivity contribution in [1.82, 2.24) is 10.2 Å². The van der Waals surface area contributed by atoms with E-state index in [1.54, 1.807) is 6.92 Å². The number of benzene rings is 1. The van der Waals surface area contributed by atoms with Gasteiger partial charge in [0.25, 0.3) is 0 Å². The highest BCUT2D eigenvalue weighted by atomic mass is 79.9. The van der Waals surface area contributed by atoms with Crippen molar-refractivity contribution in [2.24, 2.45) is 0 Å². The molecule has 2 rings (SSSR count). The molecule has 4 heteroatoms. The summed E-state index contributed by atoms with van der Waals surface area (Å²) in [6.07, 6.45) is 0. The molecule has 0 spiro atoms. The lowest BCUT2D eigenvalue weighted by atomic mass is 10.1. The van der Waals surface area contributed by atoms with Crippen LogP contribution in [0.4, 0.5) is 0 Å². The van der Waals surface area contributed by atoms with Crippen LogP contribution in [0.15, 0.2) is 27.1 Å². The molecule has 0 aliphatic heterocycles. The van der Waals surface area contributed by atoms with Crippen LogP contribution < -0.4 is 0 Å². The maximum Gasteiger partial charge on any atom is 0.248 e. The lowest BCUT2D eigenvalue weighted by Crippen LogP contribution is -1.83. The Morgan fingerprint density at radius 3 is 2.64 bits per heavy atom. The van der Waals surface area contributed by atoms with Gasteiger partial charge in [0.1, 0.15) is 0 Å². The van der Waals surface area contributed by atoms with Crippen molar-refractivity contribution >= 4 is 15.9 Å². The second kappa shape index (κ2) is 3.53. The minimum Gasteiger partial charge on any atom is -0.421 e. The van der Waals surface area contributed by atoms with Crippen LogP contribution in [-0.2, 0) is 0 Å². The number of hydrogen-bond acceptors (Lipinski definition) is 3. The fourth-order valence-corrected chi connectivity index (χ4v) is 1.59. The molecule has 0 unspecified atom stereocenters. The van der Waals surface area contributed by atoms with Gasteiger partial charge in [0.15, 0.2) is 0 Å². The smallest absolute Gasteiger partial charge is 0.248 e. The van der Waals surface area contributed by atoms with Gasteiger partial charge in [0.2, 0.25) is 11.8 Å². The fraction of sp³-hybridized carbons (Fsp3) is 0.200. The highest BCUT2D eigenvalue weighted by Crippen LogP contribution is 2.25. The Bertz CT molecular complexity index is 465. The molecule has 0 radical (unpaired) electrons. The molecule has 0 aliphatic rings. The van der Waals surface area contributed by atoms with Crippen molar-refractivity contribution < 1.29 is 4.42 Å². The van der Waals surface area contributed by atoms with Crippen molar-refractivity contribution in [2.75, 3.05) is 0 Å². The molecule has 0 aliphatic carbocycles. The monoisotopic (exact) mass is 252 g/mol. The highest BCUT2D eigenvalue weighted by Gasteiger charge is 2.08. The van der Waals surface area contributed by atoms with E-state index in [-0.39, 0.29) is 0 Å². The molecular formula is C10H9BrN2O. The molecule has 0 bridgehead atoms. The first-order chi connectivity index (χ1) is 6.66. The molecule has 14 heavy (non-hydrogen) atoms. The van der Waals surface area contributed by atoms with E-state index in [4.69, 9.17) is 4.42 Å². The van der Waals surface area contributed by atoms with Crippen LogP contribution in [0, 0.1) is 13.8 Å². The van der Waals surface area contributed by atoms with Gasteiger partial charge in [-0.05, 0) is 24.6 Å². The molecule has 1 heterocycles. The molecule has 0 fully saturated rings. The third-order valence-corrected chi connectivity index (χ3v) is 2.45. The van der Waals surface area contributed by atoms with Crippen LogP contribution in [-0.4, -0.2) is 10.2 Å². The first-order valence-electron chi connectivity index (χ1n) is 4.23. The van der Waals surface area contributed by atoms with E-state index in [0.29, 0.717) is 11.8 Å². The van der Waals surface area contributed by atoms with Crippen molar-refractivity contribution in [1.29, 1.82) is 0 Å². The lowest BCUT2D eigenvalue weighted by molar-refractivity contribution is 0.532. The average Bonchev–Trinajstić information content (AvgIpc) is 2.56. The average molecular weight is 253 g/mol. The molecular weight excluding hydrogens is 244 g/mol. The number of hydrogen-bond donors (Lipinski definition) is 0. The Kier molecular flexibility index (Phi) is 2.37. The van der Waals surface area contributed by atoms with Crippen LogP contribution in [0.2, 0.25) is 0 Å². The van der Waals surface area contributed by atoms with Gasteiger partial charge in [-0.1, -0.05) is 22.0 Å². The Morgan fingerprint density at radius 2 is 2.00 bits per heavy atom. The molecule has 1 aromatic carbocycles. The van der Waals surface area contributed by atoms with E-state index >= 15 is 0 Å². The summed E-state index contributed by atoms with van der Waals surface area (Å²) in [7, 11) is 0. The zero-order valence-corrected chi connectivity index (χ0v) is 9.50. The van der Waals surface area contributed by atoms with Crippen LogP contribution in [0.1, 0.15) is 11.5 Å². The second-order valence-corrected chi connectivity index (χ2v) is 4.00. The molecule has 0 atom stereocenters. The quantitative estimate of drug-likeness (QED) is 0.783. The predicted octanol–water partition coefficient (Wildman–Crippen LogP) is 3.12. The number of aryl methyl sites for hydroxylation is 2. The summed E-state index contributed by atoms with van der Waals surface area (Å²) in [6.45, 7) is 3.80. The topological polar surface area (TPSA) is 38.9 Å². The van der Waals surface area contributed by atoms with E-state index in [9.17, 15) is 0 Å². The summed E-state index contributed by atoms with van der Waals surface area (Å²) in [4.78, 5) is 0. The number of rotatable bonds is 1. The maximum atomic E-state index is 5.36. The summed E-state index contributed by atoms with van der Waals surface area (Å²) < 4.78 is 6.37. The molecule has 3 nitrogen and oxygen atoms in total. The van der Waals surface area contributed by atoms with Crippen LogP contribution in [0.5, 0.6) is 0 Å². The summed E-state index contributed by atoms with van der Waals surface area (Å²) in [6, 6.07) is 5.98. The summed E-state index contributed by atoms with van der Waals surface area (Å²) in [5, 5.41) is 7.78. The Labute approximate surface area is 90.3 Å². The Balaban J connectivity index is 2.55. The normalized spacial score (nSPS) is 10.5. The molecule has 0 saturated carbocycles. The minimum atomic E-state index is 0.571. The molecule has 1 aromatic heterocycles. The summed E-state index contributed by atoms with van der Waals surface area (Å²) in [5.74, 6) is 1.15. The van der Waals surface area contributed by atoms with Gasteiger partial charge >= 0.3 is 0 Å². The number of halogens is 1. The Morgan fingerprint density at radius 1 is 1.21 bits per heavy atom. The van der Waals surface area contributed by atoms with Crippen LogP contribution in [0.25, 0.3) is 11.5 Å². The van der Waals surface area contributed by atoms with Crippen molar-refractivity contribution in [3.63, 3.8) is 0 Å². The highest BCUT2D eigenvalue weighted by molar-refractivity contribution is 9.10. The van der Waals surface area contributed by atoms with E-state index in [1.165, 1.54) is 0 Å². The second-order valence-electron chi connectivity index (χ2n) is 3.09. The molecule has 2 aromatic rings. The van der Waals surface area contributed by atoms with Gasteiger partial charge in [-0.2, -0.15) is 0 Å². The minimum absolute atomic E-state index is 0.571. The zero-order valence-electron chi connectivity index (χ0n) is 7.91. The van der Waals surface area contributed by atoms with Crippen molar-refractivity contribution in [2.45, 2.75) is 13.8 Å². The molecule has 72 valence electrons. The largest absolute Gasteiger partial charge is 0.421 e. The maximum absolute atomic E-state index is 5.36. The fourth-order valence-electron chi connectivity index (χ4n) is 1.23. The summed E-state index contributed by atoms with van der Waals surface area (Å²) in [5.41, 5.74) is 2.09. The predicted molar refractivity (Wildman–Crippen MR) is 56.9 cm³/mol. The van der Waals surface area contributed by atoms with Crippen molar-refractivity contribution in [3.05, 3.63) is 34.1 Å². The van der Waals surface area contributed by atoms with Gasteiger partial charge in [0.05, 0.1) is 0 Å². The standard InChI is InChI=1S/C10H9BrN2O/c1-6-3-4-8(11)5-9(6)10-13-12-7(2)14-10/h3-5H,1-2H3. The first kappa shape index (κ1) is 9.40. The number of nitrogens with zero attached hydrogens (tertiary/aromatic N) is 2. The van der Waals surface area contributed by atoms with E-state index in [1.807, 2.05) is 25.1 Å². The molecule has 0 N–H and O–H groups in total. The van der Waals surface area contributed by atoms with E-state index in [2.05, 4.69) is 26.1 Å². The van der Waals surface area contributed by atoms with Gasteiger partial charge in [-0.15, -0.1) is 10.2 Å². The van der Waals surface area contributed by atoms with Crippen LogP contribution in [0.3, 0.4) is 0 Å². The molecule has 0 amide bonds. The lowest BCUT2D eigenvalue weighted by Gasteiger charge is -2.00. The van der Waals surface area contributed by atoms with E-state index < -0.39 is 0 Å². The van der Waals surface area contributed by atoms with Gasteiger partial charge < -0.3 is 4.42 Å². The zero-order chi connectivity index (χ0) is 10.1. The van der Waals surface area contributed by atoms with Crippen molar-refractivity contribution in [3.8, 4) is 11.5 Å². The van der Waals surface area contributed by atoms with Crippen LogP contribution >= 0.6 is 15.9 Å². The molecule has 0 saturated heterocycles. The first-order valence-corrected chi connectivity index (χ1v) is 5.03. The van der Waals surface area contributed by atoms with Gasteiger partial charge in [-0.25, -0.2) is 0 Å². The SMILES string of the molecule is Cc1nnc(-c2cc(Br)ccc2C)o1. The third-order valence-electron chi connectivity index (χ3n) is 1.96. The van der Waals surface area contributed by atoms with E-state index in [0.717, 1.165) is 15.6 Å². The Hall–Kier alpha value is -1.16. The van der Waals surface area contributed by atoms with Gasteiger partial charge in [-0.3, -0.25) is 0 Å². The number of aromatic nitrogens is 2. The van der Waals surface area contributed by atoms with Gasteiger partial charge in [0, 0.05) is 17.0 Å². The third kappa shape index (κ3) is 1.70.